The molecule has 0 aromatic heterocycles. The van der Waals surface area contributed by atoms with Crippen LogP contribution >= 0.6 is 0 Å². The zero-order valence-electron chi connectivity index (χ0n) is 11.1. The van der Waals surface area contributed by atoms with Gasteiger partial charge in [0.25, 0.3) is 5.91 Å². The van der Waals surface area contributed by atoms with Crippen LogP contribution < -0.4 is 10.1 Å². The van der Waals surface area contributed by atoms with E-state index in [1.165, 1.54) is 12.8 Å². The van der Waals surface area contributed by atoms with Gasteiger partial charge in [-0.05, 0) is 30.9 Å². The van der Waals surface area contributed by atoms with Gasteiger partial charge in [0, 0.05) is 6.04 Å². The number of hydrogen-bond acceptors (Lipinski definition) is 3. The fraction of sp³-hybridized carbons (Fsp3) is 0.467. The molecule has 1 saturated carbocycles. The first kappa shape index (κ1) is 13.4. The molecule has 4 heteroatoms. The molecule has 0 aliphatic heterocycles. The molecule has 2 atom stereocenters. The van der Waals surface area contributed by atoms with Gasteiger partial charge in [0.1, 0.15) is 11.8 Å². The molecule has 1 amide bonds. The quantitative estimate of drug-likeness (QED) is 0.901. The standard InChI is InChI=1S/C15H18N2O2/c1-11-5-4-7-13(11)17-15(18)10-19-14-8-3-2-6-12(14)9-16/h2-3,6,8,11,13H,4-5,7,10H2,1H3,(H,17,18). The van der Waals surface area contributed by atoms with Gasteiger partial charge in [-0.1, -0.05) is 25.5 Å². The van der Waals surface area contributed by atoms with Crippen molar-refractivity contribution in [3.8, 4) is 11.8 Å². The number of nitriles is 1. The van der Waals surface area contributed by atoms with Crippen molar-refractivity contribution in [1.82, 2.24) is 5.32 Å². The van der Waals surface area contributed by atoms with Crippen LogP contribution in [0.4, 0.5) is 0 Å². The lowest BCUT2D eigenvalue weighted by Gasteiger charge is -2.17. The van der Waals surface area contributed by atoms with E-state index in [0.29, 0.717) is 17.2 Å². The first-order valence-corrected chi connectivity index (χ1v) is 6.62. The number of ether oxygens (including phenoxy) is 1. The molecular weight excluding hydrogens is 240 g/mol. The molecule has 1 aromatic rings. The molecule has 1 N–H and O–H groups in total. The number of carbonyl (C=O) groups is 1. The Morgan fingerprint density at radius 3 is 2.95 bits per heavy atom. The van der Waals surface area contributed by atoms with Gasteiger partial charge in [0.15, 0.2) is 6.61 Å². The van der Waals surface area contributed by atoms with Crippen LogP contribution in [-0.2, 0) is 4.79 Å². The molecule has 2 rings (SSSR count). The molecular formula is C15H18N2O2. The average molecular weight is 258 g/mol. The summed E-state index contributed by atoms with van der Waals surface area (Å²) in [5.74, 6) is 0.876. The Morgan fingerprint density at radius 1 is 1.47 bits per heavy atom. The first-order valence-electron chi connectivity index (χ1n) is 6.62. The molecule has 0 heterocycles. The predicted molar refractivity (Wildman–Crippen MR) is 71.6 cm³/mol. The topological polar surface area (TPSA) is 62.1 Å². The number of benzene rings is 1. The van der Waals surface area contributed by atoms with Gasteiger partial charge >= 0.3 is 0 Å². The first-order chi connectivity index (χ1) is 9.20. The lowest BCUT2D eigenvalue weighted by atomic mass is 10.1. The second-order valence-corrected chi connectivity index (χ2v) is 4.98. The van der Waals surface area contributed by atoms with Crippen molar-refractivity contribution in [2.24, 2.45) is 5.92 Å². The molecule has 1 aliphatic carbocycles. The molecule has 0 radical (unpaired) electrons. The van der Waals surface area contributed by atoms with Gasteiger partial charge in [-0.25, -0.2) is 0 Å². The van der Waals surface area contributed by atoms with Crippen molar-refractivity contribution < 1.29 is 9.53 Å². The summed E-state index contributed by atoms with van der Waals surface area (Å²) in [6.45, 7) is 2.12. The maximum Gasteiger partial charge on any atom is 0.258 e. The highest BCUT2D eigenvalue weighted by Gasteiger charge is 2.24. The Bertz CT molecular complexity index is 493. The molecule has 0 saturated heterocycles. The maximum absolute atomic E-state index is 11.8. The van der Waals surface area contributed by atoms with Gasteiger partial charge < -0.3 is 10.1 Å². The van der Waals surface area contributed by atoms with Crippen molar-refractivity contribution >= 4 is 5.91 Å². The van der Waals surface area contributed by atoms with Gasteiger partial charge in [-0.3, -0.25) is 4.79 Å². The molecule has 1 aliphatic rings. The van der Waals surface area contributed by atoms with Crippen molar-refractivity contribution in [2.75, 3.05) is 6.61 Å². The van der Waals surface area contributed by atoms with Crippen LogP contribution in [-0.4, -0.2) is 18.6 Å². The Hall–Kier alpha value is -2.02. The van der Waals surface area contributed by atoms with E-state index in [1.54, 1.807) is 24.3 Å². The van der Waals surface area contributed by atoms with Crippen LogP contribution in [0.3, 0.4) is 0 Å². The van der Waals surface area contributed by atoms with Gasteiger partial charge in [-0.15, -0.1) is 0 Å². The molecule has 19 heavy (non-hydrogen) atoms. The summed E-state index contributed by atoms with van der Waals surface area (Å²) >= 11 is 0. The molecule has 4 nitrogen and oxygen atoms in total. The molecule has 1 aromatic carbocycles. The number of nitrogens with one attached hydrogen (secondary N) is 1. The maximum atomic E-state index is 11.8. The van der Waals surface area contributed by atoms with Crippen LogP contribution in [0.15, 0.2) is 24.3 Å². The normalized spacial score (nSPS) is 21.7. The van der Waals surface area contributed by atoms with E-state index in [1.807, 2.05) is 6.07 Å². The van der Waals surface area contributed by atoms with Crippen LogP contribution in [0, 0.1) is 17.2 Å². The third-order valence-corrected chi connectivity index (χ3v) is 3.57. The summed E-state index contributed by atoms with van der Waals surface area (Å²) in [6, 6.07) is 9.23. The van der Waals surface area contributed by atoms with E-state index >= 15 is 0 Å². The van der Waals surface area contributed by atoms with Crippen LogP contribution in [0.25, 0.3) is 0 Å². The monoisotopic (exact) mass is 258 g/mol. The number of carbonyl (C=O) groups excluding carboxylic acids is 1. The highest BCUT2D eigenvalue weighted by molar-refractivity contribution is 5.78. The lowest BCUT2D eigenvalue weighted by Crippen LogP contribution is -2.39. The Balaban J connectivity index is 1.85. The number of para-hydroxylation sites is 1. The largest absolute Gasteiger partial charge is 0.482 e. The van der Waals surface area contributed by atoms with E-state index in [0.717, 1.165) is 6.42 Å². The predicted octanol–water partition coefficient (Wildman–Crippen LogP) is 2.24. The zero-order chi connectivity index (χ0) is 13.7. The Labute approximate surface area is 113 Å². The van der Waals surface area contributed by atoms with Crippen LogP contribution in [0.5, 0.6) is 5.75 Å². The van der Waals surface area contributed by atoms with Crippen LogP contribution in [0.2, 0.25) is 0 Å². The smallest absolute Gasteiger partial charge is 0.258 e. The number of hydrogen-bond donors (Lipinski definition) is 1. The van der Waals surface area contributed by atoms with E-state index in [-0.39, 0.29) is 18.6 Å². The molecule has 2 unspecified atom stereocenters. The Kier molecular flexibility index (Phi) is 4.40. The highest BCUT2D eigenvalue weighted by Crippen LogP contribution is 2.24. The molecule has 0 spiro atoms. The van der Waals surface area contributed by atoms with E-state index in [9.17, 15) is 4.79 Å². The van der Waals surface area contributed by atoms with Crippen molar-refractivity contribution in [3.05, 3.63) is 29.8 Å². The number of nitrogens with zero attached hydrogens (tertiary/aromatic N) is 1. The van der Waals surface area contributed by atoms with E-state index < -0.39 is 0 Å². The third kappa shape index (κ3) is 3.47. The SMILES string of the molecule is CC1CCCC1NC(=O)COc1ccccc1C#N. The lowest BCUT2D eigenvalue weighted by molar-refractivity contribution is -0.124. The fourth-order valence-corrected chi connectivity index (χ4v) is 2.44. The summed E-state index contributed by atoms with van der Waals surface area (Å²) in [5.41, 5.74) is 0.449. The van der Waals surface area contributed by atoms with Crippen molar-refractivity contribution in [2.45, 2.75) is 32.2 Å². The van der Waals surface area contributed by atoms with Crippen LogP contribution in [0.1, 0.15) is 31.7 Å². The minimum Gasteiger partial charge on any atom is -0.482 e. The molecule has 100 valence electrons. The number of amides is 1. The second-order valence-electron chi connectivity index (χ2n) is 4.98. The second kappa shape index (κ2) is 6.24. The van der Waals surface area contributed by atoms with Crippen molar-refractivity contribution in [1.29, 1.82) is 5.26 Å². The summed E-state index contributed by atoms with van der Waals surface area (Å²) in [6.07, 6.45) is 3.38. The molecule has 0 bridgehead atoms. The van der Waals surface area contributed by atoms with Gasteiger partial charge in [0.05, 0.1) is 5.56 Å². The van der Waals surface area contributed by atoms with E-state index in [2.05, 4.69) is 12.2 Å². The summed E-state index contributed by atoms with van der Waals surface area (Å²) < 4.78 is 5.40. The highest BCUT2D eigenvalue weighted by atomic mass is 16.5. The van der Waals surface area contributed by atoms with Gasteiger partial charge in [-0.2, -0.15) is 5.26 Å². The van der Waals surface area contributed by atoms with Crippen molar-refractivity contribution in [3.63, 3.8) is 0 Å². The minimum atomic E-state index is -0.119. The molecule has 1 fully saturated rings. The zero-order valence-corrected chi connectivity index (χ0v) is 11.1. The minimum absolute atomic E-state index is 0.0398. The Morgan fingerprint density at radius 2 is 2.26 bits per heavy atom. The van der Waals surface area contributed by atoms with Gasteiger partial charge in [0.2, 0.25) is 0 Å². The summed E-state index contributed by atoms with van der Waals surface area (Å²) in [4.78, 5) is 11.8. The average Bonchev–Trinajstić information content (AvgIpc) is 2.82. The summed E-state index contributed by atoms with van der Waals surface area (Å²) in [5, 5.41) is 11.9. The summed E-state index contributed by atoms with van der Waals surface area (Å²) in [7, 11) is 0. The van der Waals surface area contributed by atoms with E-state index in [4.69, 9.17) is 10.00 Å². The number of rotatable bonds is 4. The third-order valence-electron chi connectivity index (χ3n) is 3.57. The fourth-order valence-electron chi connectivity index (χ4n) is 2.44.